The monoisotopic (exact) mass is 1040 g/mol. The summed E-state index contributed by atoms with van der Waals surface area (Å²) in [7, 11) is 0. The molecule has 6 heteroatoms. The van der Waals surface area contributed by atoms with E-state index in [1.54, 1.807) is 0 Å². The van der Waals surface area contributed by atoms with Gasteiger partial charge in [0.05, 0.1) is 0 Å². The topological polar surface area (TPSA) is 78.9 Å². The van der Waals surface area contributed by atoms with Crippen molar-refractivity contribution in [2.45, 2.75) is 309 Å². The molecule has 1 atom stereocenters. The molecule has 0 rings (SSSR count). The normalized spacial score (nSPS) is 12.7. The summed E-state index contributed by atoms with van der Waals surface area (Å²) in [6.45, 7) is 6.50. The average Bonchev–Trinajstić information content (AvgIpc) is 3.41. The number of ether oxygens (including phenoxy) is 3. The van der Waals surface area contributed by atoms with Gasteiger partial charge in [-0.2, -0.15) is 0 Å². The first-order valence-electron chi connectivity index (χ1n) is 31.7. The summed E-state index contributed by atoms with van der Waals surface area (Å²) in [4.78, 5) is 38.3. The Balaban J connectivity index is 4.42. The Morgan fingerprint density at radius 3 is 0.840 bits per heavy atom. The Kier molecular flexibility index (Phi) is 59.8. The fourth-order valence-electron chi connectivity index (χ4n) is 8.83. The third kappa shape index (κ3) is 61.1. The van der Waals surface area contributed by atoms with Crippen LogP contribution in [0.4, 0.5) is 0 Å². The van der Waals surface area contributed by atoms with E-state index in [0.717, 1.165) is 135 Å². The molecule has 1 unspecified atom stereocenters. The van der Waals surface area contributed by atoms with Gasteiger partial charge in [0.25, 0.3) is 0 Å². The molecule has 0 N–H and O–H groups in total. The molecule has 0 amide bonds. The van der Waals surface area contributed by atoms with Crippen molar-refractivity contribution in [1.29, 1.82) is 0 Å². The van der Waals surface area contributed by atoms with Crippen LogP contribution in [0.15, 0.2) is 97.2 Å². The quantitative estimate of drug-likeness (QED) is 0.0261. The molecule has 0 bridgehead atoms. The Morgan fingerprint density at radius 2 is 0.520 bits per heavy atom. The Hall–Kier alpha value is -3.67. The van der Waals surface area contributed by atoms with Crippen molar-refractivity contribution in [2.24, 2.45) is 0 Å². The van der Waals surface area contributed by atoms with E-state index < -0.39 is 6.10 Å². The van der Waals surface area contributed by atoms with E-state index in [2.05, 4.69) is 118 Å². The fourth-order valence-corrected chi connectivity index (χ4v) is 8.83. The summed E-state index contributed by atoms with van der Waals surface area (Å²) < 4.78 is 16.9. The van der Waals surface area contributed by atoms with Crippen LogP contribution in [0, 0.1) is 0 Å². The zero-order valence-electron chi connectivity index (χ0n) is 49.3. The van der Waals surface area contributed by atoms with Gasteiger partial charge in [-0.15, -0.1) is 0 Å². The van der Waals surface area contributed by atoms with E-state index in [1.807, 2.05) is 0 Å². The molecule has 0 radical (unpaired) electrons. The lowest BCUT2D eigenvalue weighted by molar-refractivity contribution is -0.167. The van der Waals surface area contributed by atoms with Crippen LogP contribution in [-0.2, 0) is 28.6 Å². The molecule has 0 aromatic rings. The second-order valence-electron chi connectivity index (χ2n) is 20.9. The van der Waals surface area contributed by atoms with Crippen molar-refractivity contribution >= 4 is 17.9 Å². The molecule has 0 fully saturated rings. The molecule has 430 valence electrons. The molecule has 6 nitrogen and oxygen atoms in total. The Labute approximate surface area is 464 Å². The maximum atomic E-state index is 12.9. The molecule has 0 aromatic heterocycles. The number of hydrogen-bond donors (Lipinski definition) is 0. The van der Waals surface area contributed by atoms with E-state index in [1.165, 1.54) is 128 Å². The lowest BCUT2D eigenvalue weighted by Crippen LogP contribution is -2.30. The summed E-state index contributed by atoms with van der Waals surface area (Å²) in [5.41, 5.74) is 0. The first kappa shape index (κ1) is 71.3. The summed E-state index contributed by atoms with van der Waals surface area (Å²) in [5, 5.41) is 0. The van der Waals surface area contributed by atoms with Crippen LogP contribution in [0.1, 0.15) is 303 Å². The number of esters is 3. The highest BCUT2D eigenvalue weighted by molar-refractivity contribution is 5.71. The van der Waals surface area contributed by atoms with Crippen LogP contribution in [0.5, 0.6) is 0 Å². The van der Waals surface area contributed by atoms with Crippen LogP contribution in [0.3, 0.4) is 0 Å². The second-order valence-corrected chi connectivity index (χ2v) is 20.9. The third-order valence-electron chi connectivity index (χ3n) is 13.6. The highest BCUT2D eigenvalue weighted by Crippen LogP contribution is 2.16. The van der Waals surface area contributed by atoms with Crippen LogP contribution in [0.25, 0.3) is 0 Å². The molecule has 0 aliphatic rings. The second kappa shape index (κ2) is 62.9. The Morgan fingerprint density at radius 1 is 0.280 bits per heavy atom. The number of hydrogen-bond acceptors (Lipinski definition) is 6. The number of rotatable bonds is 57. The van der Waals surface area contributed by atoms with Crippen molar-refractivity contribution in [3.05, 3.63) is 97.2 Å². The van der Waals surface area contributed by atoms with Gasteiger partial charge in [-0.25, -0.2) is 0 Å². The van der Waals surface area contributed by atoms with Crippen molar-refractivity contribution in [2.75, 3.05) is 13.2 Å². The van der Waals surface area contributed by atoms with Gasteiger partial charge in [-0.3, -0.25) is 14.4 Å². The number of carbonyl (C=O) groups is 3. The van der Waals surface area contributed by atoms with Crippen molar-refractivity contribution in [3.8, 4) is 0 Å². The maximum Gasteiger partial charge on any atom is 0.306 e. The molecular formula is C69H118O6. The van der Waals surface area contributed by atoms with Crippen LogP contribution in [-0.4, -0.2) is 37.2 Å². The highest BCUT2D eigenvalue weighted by Gasteiger charge is 2.19. The van der Waals surface area contributed by atoms with E-state index in [0.29, 0.717) is 19.3 Å². The Bertz CT molecular complexity index is 1480. The predicted molar refractivity (Wildman–Crippen MR) is 325 cm³/mol. The maximum absolute atomic E-state index is 12.9. The molecule has 75 heavy (non-hydrogen) atoms. The summed E-state index contributed by atoms with van der Waals surface area (Å²) in [6, 6.07) is 0. The molecule has 0 spiro atoms. The molecule has 0 saturated heterocycles. The molecule has 0 aliphatic carbocycles. The van der Waals surface area contributed by atoms with Gasteiger partial charge in [0.15, 0.2) is 6.10 Å². The number of allylic oxidation sites excluding steroid dienone is 16. The lowest BCUT2D eigenvalue weighted by Gasteiger charge is -2.18. The minimum absolute atomic E-state index is 0.0914. The molecule has 0 saturated carbocycles. The lowest BCUT2D eigenvalue weighted by atomic mass is 10.0. The summed E-state index contributed by atoms with van der Waals surface area (Å²) in [5.74, 6) is -0.918. The average molecular weight is 1040 g/mol. The summed E-state index contributed by atoms with van der Waals surface area (Å²) >= 11 is 0. The first-order valence-corrected chi connectivity index (χ1v) is 31.7. The zero-order valence-corrected chi connectivity index (χ0v) is 49.3. The van der Waals surface area contributed by atoms with E-state index >= 15 is 0 Å². The van der Waals surface area contributed by atoms with Crippen LogP contribution in [0.2, 0.25) is 0 Å². The number of unbranched alkanes of at least 4 members (excludes halogenated alkanes) is 30. The first-order chi connectivity index (χ1) is 37.0. The largest absolute Gasteiger partial charge is 0.462 e. The van der Waals surface area contributed by atoms with E-state index in [-0.39, 0.29) is 31.1 Å². The van der Waals surface area contributed by atoms with E-state index in [4.69, 9.17) is 14.2 Å². The molecule has 0 heterocycles. The van der Waals surface area contributed by atoms with Crippen LogP contribution >= 0.6 is 0 Å². The van der Waals surface area contributed by atoms with Gasteiger partial charge in [-0.05, 0) is 103 Å². The third-order valence-corrected chi connectivity index (χ3v) is 13.6. The van der Waals surface area contributed by atoms with Gasteiger partial charge in [0, 0.05) is 19.3 Å². The minimum Gasteiger partial charge on any atom is -0.462 e. The fraction of sp³-hybridized carbons (Fsp3) is 0.725. The minimum atomic E-state index is -0.795. The van der Waals surface area contributed by atoms with Gasteiger partial charge in [-0.1, -0.05) is 279 Å². The smallest absolute Gasteiger partial charge is 0.306 e. The van der Waals surface area contributed by atoms with Crippen molar-refractivity contribution < 1.29 is 28.6 Å². The highest BCUT2D eigenvalue weighted by atomic mass is 16.6. The van der Waals surface area contributed by atoms with Crippen LogP contribution < -0.4 is 0 Å². The predicted octanol–water partition coefficient (Wildman–Crippen LogP) is 21.7. The van der Waals surface area contributed by atoms with Gasteiger partial charge >= 0.3 is 17.9 Å². The van der Waals surface area contributed by atoms with Crippen molar-refractivity contribution in [3.63, 3.8) is 0 Å². The van der Waals surface area contributed by atoms with Gasteiger partial charge < -0.3 is 14.2 Å². The van der Waals surface area contributed by atoms with E-state index in [9.17, 15) is 14.4 Å². The zero-order chi connectivity index (χ0) is 54.3. The summed E-state index contributed by atoms with van der Waals surface area (Å²) in [6.07, 6.45) is 84.0. The van der Waals surface area contributed by atoms with Crippen molar-refractivity contribution in [1.82, 2.24) is 0 Å². The van der Waals surface area contributed by atoms with Gasteiger partial charge in [0.2, 0.25) is 0 Å². The molecule has 0 aromatic carbocycles. The van der Waals surface area contributed by atoms with Gasteiger partial charge in [0.1, 0.15) is 13.2 Å². The number of carbonyl (C=O) groups excluding carboxylic acids is 3. The standard InChI is InChI=1S/C69H118O6/c1-4-7-10-13-16-19-22-25-28-30-32-33-34-35-37-38-41-44-47-50-53-56-59-62-68(71)74-65-66(64-73-67(70)61-58-55-52-49-46-43-40-27-24-21-18-15-12-9-6-3)75-69(72)63-60-57-54-51-48-45-42-39-36-31-29-26-23-20-17-14-11-8-5-2/h7,10,16,18-19,21,25,27-28,32-33,35,37,40-41,44,66H,4-6,8-9,11-15,17,20,22-24,26,29-31,34,36,38-39,42-43,45-65H2,1-3H3/b10-7-,19-16-,21-18-,28-25-,33-32-,37-35-,40-27-,44-41-. The molecular weight excluding hydrogens is 925 g/mol. The molecule has 0 aliphatic heterocycles. The SMILES string of the molecule is CC/C=C\C/C=C\C/C=C\C/C=C\C/C=C\C/C=C\CCCCCCC(=O)OCC(COC(=O)CCCCCCC/C=C\C/C=C\CCCCC)OC(=O)CCCCCCCCCCCCCCCCCCCCC.